The van der Waals surface area contributed by atoms with E-state index in [9.17, 15) is 34.5 Å². The summed E-state index contributed by atoms with van der Waals surface area (Å²) in [6.07, 6.45) is 3.02. The first-order valence-electron chi connectivity index (χ1n) is 23.2. The first-order chi connectivity index (χ1) is 33.7. The Bertz CT molecular complexity index is 2600. The van der Waals surface area contributed by atoms with Crippen LogP contribution in [0.15, 0.2) is 108 Å². The van der Waals surface area contributed by atoms with Gasteiger partial charge in [0.1, 0.15) is 29.9 Å². The molecule has 2 heterocycles. The van der Waals surface area contributed by atoms with Crippen LogP contribution in [-0.4, -0.2) is 104 Å². The molecule has 70 heavy (non-hydrogen) atoms. The minimum Gasteiger partial charge on any atom is -0.494 e. The maximum absolute atomic E-state index is 15.1. The fourth-order valence-corrected chi connectivity index (χ4v) is 8.30. The second-order valence-corrected chi connectivity index (χ2v) is 18.2. The molecule has 3 amide bonds. The minimum atomic E-state index is -1.68. The number of nitrogens with two attached hydrogens (primary N) is 1. The Hall–Kier alpha value is -6.80. The fraction of sp³-hybridized carbons (Fsp3) is 0.392. The summed E-state index contributed by atoms with van der Waals surface area (Å²) >= 11 is 1.50. The van der Waals surface area contributed by atoms with E-state index in [0.29, 0.717) is 36.1 Å². The van der Waals surface area contributed by atoms with E-state index in [2.05, 4.69) is 31.2 Å². The van der Waals surface area contributed by atoms with Gasteiger partial charge in [-0.1, -0.05) is 92.7 Å². The van der Waals surface area contributed by atoms with E-state index in [1.165, 1.54) is 24.9 Å². The van der Waals surface area contributed by atoms with Crippen molar-refractivity contribution in [3.63, 3.8) is 0 Å². The SMILES string of the molecule is COC(=O)C(CCSC)NC(=O)[C@H](CC(C)C)NC(=O)[C@H](Cc1c[nH]c2ccccc12)NC(=O)[C@H](CCCCN)n1c(O)ccc(NC(O)OCc2ccccc2)c(=O)[nH]c(Cc2ccccc2)c1O. The number of para-hydroxylation sites is 1. The van der Waals surface area contributed by atoms with Crippen molar-refractivity contribution < 1.29 is 44.0 Å². The minimum absolute atomic E-state index is 0.00255. The number of anilines is 1. The standard InChI is InChI=1S/C51H66N8O10S/c1-32(2)27-40(46(62)54-39(24-26-70-4)50(66)68-3)55-47(63)41(29-35-30-53-37-20-12-11-19-36(35)37)56-48(64)43(21-13-14-25-52)59-44(60)23-22-38(58-51(67)69-31-34-17-9-6-10-18-34)45(61)57-42(49(59)65)28-33-15-7-5-8-16-33/h5-12,15-20,22-23,30,32,39-41,43,51,53,58,60,65,67H,13-14,21,24-29,31,52H2,1-4H3,(H,54,62)(H,55,63)(H,56,64)(H,57,61)/t39?,40-,41-,43-,51?/m0/s1. The lowest BCUT2D eigenvalue weighted by molar-refractivity contribution is -0.145. The summed E-state index contributed by atoms with van der Waals surface area (Å²) in [6.45, 7) is 4.02. The number of rotatable bonds is 26. The van der Waals surface area contributed by atoms with Gasteiger partial charge in [-0.2, -0.15) is 11.8 Å². The van der Waals surface area contributed by atoms with Crippen LogP contribution in [-0.2, 0) is 48.1 Å². The number of esters is 1. The largest absolute Gasteiger partial charge is 0.494 e. The summed E-state index contributed by atoms with van der Waals surface area (Å²) in [4.78, 5) is 76.3. The van der Waals surface area contributed by atoms with Gasteiger partial charge in [0, 0.05) is 36.0 Å². The van der Waals surface area contributed by atoms with Crippen molar-refractivity contribution in [2.24, 2.45) is 11.7 Å². The molecule has 0 aliphatic carbocycles. The summed E-state index contributed by atoms with van der Waals surface area (Å²) in [5.74, 6) is -3.63. The number of fused-ring (bicyclic) bond motifs is 1. The van der Waals surface area contributed by atoms with Crippen molar-refractivity contribution in [1.29, 1.82) is 0 Å². The highest BCUT2D eigenvalue weighted by Gasteiger charge is 2.33. The second kappa shape index (κ2) is 27.4. The van der Waals surface area contributed by atoms with Crippen molar-refractivity contribution in [3.05, 3.63) is 136 Å². The lowest BCUT2D eigenvalue weighted by Gasteiger charge is -2.28. The number of benzene rings is 3. The smallest absolute Gasteiger partial charge is 0.328 e. The molecule has 5 atom stereocenters. The van der Waals surface area contributed by atoms with Crippen LogP contribution in [0.2, 0.25) is 0 Å². The lowest BCUT2D eigenvalue weighted by atomic mass is 10.00. The van der Waals surface area contributed by atoms with Gasteiger partial charge in [0.2, 0.25) is 30.0 Å². The Morgan fingerprint density at radius 1 is 0.800 bits per heavy atom. The van der Waals surface area contributed by atoms with Gasteiger partial charge >= 0.3 is 5.97 Å². The van der Waals surface area contributed by atoms with Gasteiger partial charge in [0.25, 0.3) is 5.56 Å². The Labute approximate surface area is 411 Å². The number of hydrogen-bond acceptors (Lipinski definition) is 13. The molecule has 11 N–H and O–H groups in total. The van der Waals surface area contributed by atoms with Crippen molar-refractivity contribution >= 4 is 52.0 Å². The van der Waals surface area contributed by atoms with Gasteiger partial charge in [-0.05, 0) is 85.4 Å². The third kappa shape index (κ3) is 15.9. The zero-order valence-electron chi connectivity index (χ0n) is 40.0. The highest BCUT2D eigenvalue weighted by atomic mass is 32.2. The summed E-state index contributed by atoms with van der Waals surface area (Å²) in [7, 11) is 1.23. The number of aliphatic hydroxyl groups is 1. The number of carbonyl (C=O) groups excluding carboxylic acids is 4. The van der Waals surface area contributed by atoms with Gasteiger partial charge < -0.3 is 61.8 Å². The number of aromatic amines is 2. The second-order valence-electron chi connectivity index (χ2n) is 17.2. The zero-order chi connectivity index (χ0) is 50.6. The van der Waals surface area contributed by atoms with Gasteiger partial charge in [0.15, 0.2) is 5.88 Å². The number of H-pyrrole nitrogens is 2. The quantitative estimate of drug-likeness (QED) is 0.0198. The predicted molar refractivity (Wildman–Crippen MR) is 270 cm³/mol. The summed E-state index contributed by atoms with van der Waals surface area (Å²) in [5, 5.41) is 46.9. The van der Waals surface area contributed by atoms with E-state index in [0.717, 1.165) is 27.1 Å². The Morgan fingerprint density at radius 3 is 2.11 bits per heavy atom. The monoisotopic (exact) mass is 982 g/mol. The van der Waals surface area contributed by atoms with Crippen molar-refractivity contribution in [2.75, 3.05) is 31.0 Å². The molecule has 0 aliphatic rings. The van der Waals surface area contributed by atoms with E-state index >= 15 is 4.79 Å². The number of nitrogens with zero attached hydrogens (tertiary/aromatic N) is 1. The first kappa shape index (κ1) is 54.1. The van der Waals surface area contributed by atoms with Crippen LogP contribution < -0.4 is 32.6 Å². The molecule has 19 heteroatoms. The molecular formula is C51H66N8O10S. The molecule has 5 rings (SSSR count). The van der Waals surface area contributed by atoms with Gasteiger partial charge in [-0.25, -0.2) is 4.79 Å². The molecule has 0 bridgehead atoms. The van der Waals surface area contributed by atoms with Crippen LogP contribution in [0.3, 0.4) is 0 Å². The van der Waals surface area contributed by atoms with E-state index in [4.69, 9.17) is 15.2 Å². The Morgan fingerprint density at radius 2 is 1.44 bits per heavy atom. The van der Waals surface area contributed by atoms with Crippen LogP contribution in [0, 0.1) is 5.92 Å². The third-order valence-electron chi connectivity index (χ3n) is 11.4. The van der Waals surface area contributed by atoms with Crippen molar-refractivity contribution in [3.8, 4) is 11.8 Å². The average Bonchev–Trinajstić information content (AvgIpc) is 3.77. The highest BCUT2D eigenvalue weighted by Crippen LogP contribution is 2.30. The van der Waals surface area contributed by atoms with Crippen molar-refractivity contribution in [1.82, 2.24) is 30.5 Å². The Kier molecular flexibility index (Phi) is 21.2. The fourth-order valence-electron chi connectivity index (χ4n) is 7.83. The van der Waals surface area contributed by atoms with Crippen molar-refractivity contribution in [2.45, 2.75) is 96.0 Å². The third-order valence-corrected chi connectivity index (χ3v) is 12.1. The molecule has 18 nitrogen and oxygen atoms in total. The molecule has 0 saturated heterocycles. The number of unbranched alkanes of at least 4 members (excludes halogenated alkanes) is 1. The molecule has 0 spiro atoms. The molecule has 0 aliphatic heterocycles. The molecular weight excluding hydrogens is 917 g/mol. The van der Waals surface area contributed by atoms with Crippen LogP contribution in [0.4, 0.5) is 5.69 Å². The number of aliphatic hydroxyl groups excluding tert-OH is 1. The summed E-state index contributed by atoms with van der Waals surface area (Å²) in [6, 6.07) is 22.7. The maximum atomic E-state index is 15.1. The Balaban J connectivity index is 1.58. The average molecular weight is 983 g/mol. The molecule has 0 radical (unpaired) electrons. The van der Waals surface area contributed by atoms with Gasteiger partial charge in [-0.3, -0.25) is 23.7 Å². The normalized spacial score (nSPS) is 13.4. The summed E-state index contributed by atoms with van der Waals surface area (Å²) in [5.41, 5.74) is 7.59. The molecule has 0 saturated carbocycles. The number of carbonyl (C=O) groups is 4. The van der Waals surface area contributed by atoms with Gasteiger partial charge in [0.05, 0.1) is 19.4 Å². The number of thioether (sulfide) groups is 1. The number of aromatic hydroxyl groups is 2. The number of hydrogen-bond donors (Lipinski definition) is 10. The summed E-state index contributed by atoms with van der Waals surface area (Å²) < 4.78 is 11.5. The lowest BCUT2D eigenvalue weighted by Crippen LogP contribution is -2.57. The number of aromatic nitrogens is 3. The molecule has 3 aromatic carbocycles. The topological polar surface area (TPSA) is 275 Å². The molecule has 5 aromatic rings. The molecule has 2 unspecified atom stereocenters. The highest BCUT2D eigenvalue weighted by molar-refractivity contribution is 7.98. The van der Waals surface area contributed by atoms with Gasteiger partial charge in [-0.15, -0.1) is 0 Å². The van der Waals surface area contributed by atoms with E-state index < -0.39 is 71.6 Å². The maximum Gasteiger partial charge on any atom is 0.328 e. The van der Waals surface area contributed by atoms with Crippen LogP contribution in [0.5, 0.6) is 11.8 Å². The van der Waals surface area contributed by atoms with E-state index in [-0.39, 0.29) is 56.1 Å². The zero-order valence-corrected chi connectivity index (χ0v) is 40.8. The molecule has 0 fully saturated rings. The first-order valence-corrected chi connectivity index (χ1v) is 24.6. The molecule has 2 aromatic heterocycles. The molecule has 376 valence electrons. The van der Waals surface area contributed by atoms with E-state index in [1.807, 2.05) is 62.6 Å². The van der Waals surface area contributed by atoms with Crippen LogP contribution in [0.25, 0.3) is 10.9 Å². The number of ether oxygens (including phenoxy) is 2. The number of nitrogens with one attached hydrogen (secondary N) is 6. The number of methoxy groups -OCH3 is 1. The number of amides is 3. The van der Waals surface area contributed by atoms with E-state index in [1.54, 1.807) is 48.7 Å². The van der Waals surface area contributed by atoms with Crippen LogP contribution in [0.1, 0.15) is 74.4 Å². The van der Waals surface area contributed by atoms with Crippen LogP contribution >= 0.6 is 11.8 Å². The predicted octanol–water partition coefficient (Wildman–Crippen LogP) is 5.03.